The van der Waals surface area contributed by atoms with Gasteiger partial charge in [-0.3, -0.25) is 4.79 Å². The van der Waals surface area contributed by atoms with Gasteiger partial charge in [0.05, 0.1) is 12.8 Å². The van der Waals surface area contributed by atoms with Crippen LogP contribution < -0.4 is 10.2 Å². The zero-order valence-electron chi connectivity index (χ0n) is 13.9. The van der Waals surface area contributed by atoms with Crippen molar-refractivity contribution in [2.24, 2.45) is 0 Å². The number of unbranched alkanes of at least 4 members (excludes halogenated alkanes) is 2. The normalized spacial score (nSPS) is 10.2. The van der Waals surface area contributed by atoms with E-state index in [0.29, 0.717) is 23.2 Å². The Kier molecular flexibility index (Phi) is 5.91. The van der Waals surface area contributed by atoms with Gasteiger partial charge in [0.2, 0.25) is 11.3 Å². The van der Waals surface area contributed by atoms with E-state index < -0.39 is 5.43 Å². The lowest BCUT2D eigenvalue weighted by Gasteiger charge is -2.11. The van der Waals surface area contributed by atoms with Gasteiger partial charge in [-0.15, -0.1) is 0 Å². The number of methoxy groups -OCH3 is 1. The van der Waals surface area contributed by atoms with Crippen molar-refractivity contribution in [2.45, 2.75) is 32.6 Å². The van der Waals surface area contributed by atoms with Gasteiger partial charge in [0.1, 0.15) is 11.6 Å². The number of hydrogen-bond acceptors (Lipinski definition) is 5. The Morgan fingerprint density at radius 1 is 1.29 bits per heavy atom. The maximum Gasteiger partial charge on any atom is 0.232 e. The van der Waals surface area contributed by atoms with Crippen molar-refractivity contribution in [1.29, 1.82) is 5.26 Å². The van der Waals surface area contributed by atoms with Gasteiger partial charge in [0, 0.05) is 5.56 Å². The molecule has 0 aliphatic rings. The first-order chi connectivity index (χ1) is 11.6. The first-order valence-electron chi connectivity index (χ1n) is 7.93. The van der Waals surface area contributed by atoms with Crippen molar-refractivity contribution in [1.82, 2.24) is 4.98 Å². The van der Waals surface area contributed by atoms with E-state index in [1.54, 1.807) is 24.3 Å². The van der Waals surface area contributed by atoms with E-state index >= 15 is 0 Å². The molecule has 0 unspecified atom stereocenters. The second-order valence-electron chi connectivity index (χ2n) is 5.46. The number of rotatable bonds is 6. The van der Waals surface area contributed by atoms with Crippen LogP contribution in [0, 0.1) is 11.3 Å². The van der Waals surface area contributed by atoms with E-state index in [2.05, 4.69) is 18.0 Å². The van der Waals surface area contributed by atoms with Crippen molar-refractivity contribution in [2.75, 3.05) is 7.11 Å². The van der Waals surface area contributed by atoms with Gasteiger partial charge in [-0.25, -0.2) is 4.98 Å². The molecule has 0 aliphatic heterocycles. The molecule has 0 amide bonds. The van der Waals surface area contributed by atoms with Crippen LogP contribution >= 0.6 is 0 Å². The monoisotopic (exact) mass is 324 g/mol. The lowest BCUT2D eigenvalue weighted by molar-refractivity contribution is 0.396. The predicted octanol–water partition coefficient (Wildman–Crippen LogP) is 3.43. The van der Waals surface area contributed by atoms with Gasteiger partial charge in [-0.1, -0.05) is 31.9 Å². The highest BCUT2D eigenvalue weighted by atomic mass is 16.5. The van der Waals surface area contributed by atoms with E-state index in [1.807, 2.05) is 0 Å². The summed E-state index contributed by atoms with van der Waals surface area (Å²) in [6.45, 7) is 2.11. The second-order valence-corrected chi connectivity index (χ2v) is 5.46. The van der Waals surface area contributed by atoms with Crippen LogP contribution in [0.3, 0.4) is 0 Å². The van der Waals surface area contributed by atoms with Crippen LogP contribution in [-0.4, -0.2) is 17.2 Å². The van der Waals surface area contributed by atoms with Crippen molar-refractivity contribution < 1.29 is 9.84 Å². The fourth-order valence-corrected chi connectivity index (χ4v) is 2.53. The quantitative estimate of drug-likeness (QED) is 0.823. The van der Waals surface area contributed by atoms with E-state index in [0.717, 1.165) is 24.8 Å². The van der Waals surface area contributed by atoms with Gasteiger partial charge in [0.25, 0.3) is 0 Å². The van der Waals surface area contributed by atoms with E-state index in [4.69, 9.17) is 4.74 Å². The number of ether oxygens (including phenoxy) is 1. The average Bonchev–Trinajstić information content (AvgIpc) is 2.76. The largest absolute Gasteiger partial charge is 0.504 e. The third-order valence-corrected chi connectivity index (χ3v) is 3.81. The Morgan fingerprint density at radius 2 is 2.04 bits per heavy atom. The number of aromatic hydroxyl groups is 1. The van der Waals surface area contributed by atoms with Crippen molar-refractivity contribution in [3.63, 3.8) is 0 Å². The molecule has 0 spiro atoms. The fourth-order valence-electron chi connectivity index (χ4n) is 2.53. The van der Waals surface area contributed by atoms with E-state index in [1.165, 1.54) is 13.2 Å². The highest BCUT2D eigenvalue weighted by molar-refractivity contribution is 5.68. The summed E-state index contributed by atoms with van der Waals surface area (Å²) in [5.74, 6) is -0.154. The smallest absolute Gasteiger partial charge is 0.232 e. The molecule has 0 saturated heterocycles. The summed E-state index contributed by atoms with van der Waals surface area (Å²) in [5.41, 5.74) is 1.48. The molecule has 1 N–H and O–H groups in total. The summed E-state index contributed by atoms with van der Waals surface area (Å²) in [5, 5.41) is 19.6. The van der Waals surface area contributed by atoms with Crippen molar-refractivity contribution in [3.8, 4) is 29.0 Å². The van der Waals surface area contributed by atoms with Gasteiger partial charge < -0.3 is 9.84 Å². The van der Waals surface area contributed by atoms with E-state index in [-0.39, 0.29) is 11.6 Å². The van der Waals surface area contributed by atoms with Crippen LogP contribution in [0.15, 0.2) is 35.1 Å². The summed E-state index contributed by atoms with van der Waals surface area (Å²) in [6, 6.07) is 10.0. The predicted molar refractivity (Wildman–Crippen MR) is 92.1 cm³/mol. The maximum atomic E-state index is 11.8. The standard InChI is InChI=1S/C19H20N2O3/c1-3-4-5-8-13-11-16(21-19(24-2)15(13)12-20)14-9-6-7-10-17(22)18(14)23/h6-7,9-11H,3-5,8H2,1-2H3,(H,22,23). The minimum absolute atomic E-state index is 0.208. The molecule has 5 heteroatoms. The zero-order chi connectivity index (χ0) is 17.5. The molecular formula is C19H20N2O3. The highest BCUT2D eigenvalue weighted by Crippen LogP contribution is 2.30. The maximum absolute atomic E-state index is 11.8. The minimum atomic E-state index is -0.479. The zero-order valence-corrected chi connectivity index (χ0v) is 13.9. The third-order valence-electron chi connectivity index (χ3n) is 3.81. The first-order valence-corrected chi connectivity index (χ1v) is 7.93. The van der Waals surface area contributed by atoms with Crippen LogP contribution in [0.4, 0.5) is 0 Å². The van der Waals surface area contributed by atoms with Crippen LogP contribution in [0.5, 0.6) is 11.6 Å². The molecule has 124 valence electrons. The van der Waals surface area contributed by atoms with Gasteiger partial charge in [-0.05, 0) is 36.6 Å². The molecule has 1 aromatic carbocycles. The Morgan fingerprint density at radius 3 is 2.71 bits per heavy atom. The van der Waals surface area contributed by atoms with Crippen LogP contribution in [0.25, 0.3) is 11.3 Å². The molecule has 5 nitrogen and oxygen atoms in total. The Hall–Kier alpha value is -2.87. The molecule has 2 rings (SSSR count). The molecule has 24 heavy (non-hydrogen) atoms. The van der Waals surface area contributed by atoms with Crippen molar-refractivity contribution >= 4 is 0 Å². The Balaban J connectivity index is 2.62. The van der Waals surface area contributed by atoms with Gasteiger partial charge in [-0.2, -0.15) is 5.26 Å². The number of nitriles is 1. The molecule has 1 aromatic heterocycles. The number of nitrogens with zero attached hydrogens (tertiary/aromatic N) is 2. The number of pyridine rings is 1. The molecule has 1 heterocycles. The molecule has 0 radical (unpaired) electrons. The molecule has 0 saturated carbocycles. The molecular weight excluding hydrogens is 304 g/mol. The molecule has 0 bridgehead atoms. The SMILES string of the molecule is CCCCCc1cc(-c2ccccc(=O)c2O)nc(OC)c1C#N. The first kappa shape index (κ1) is 17.5. The summed E-state index contributed by atoms with van der Waals surface area (Å²) >= 11 is 0. The summed E-state index contributed by atoms with van der Waals surface area (Å²) in [7, 11) is 1.45. The van der Waals surface area contributed by atoms with Crippen molar-refractivity contribution in [3.05, 3.63) is 51.7 Å². The summed E-state index contributed by atoms with van der Waals surface area (Å²) in [4.78, 5) is 16.1. The van der Waals surface area contributed by atoms with E-state index in [9.17, 15) is 15.2 Å². The van der Waals surface area contributed by atoms with Crippen LogP contribution in [0.1, 0.15) is 37.3 Å². The van der Waals surface area contributed by atoms with Crippen LogP contribution in [-0.2, 0) is 6.42 Å². The molecule has 2 aromatic rings. The summed E-state index contributed by atoms with van der Waals surface area (Å²) < 4.78 is 5.25. The molecule has 0 fully saturated rings. The lowest BCUT2D eigenvalue weighted by atomic mass is 10.0. The summed E-state index contributed by atoms with van der Waals surface area (Å²) in [6.07, 6.45) is 3.79. The van der Waals surface area contributed by atoms with Gasteiger partial charge in [0.15, 0.2) is 5.75 Å². The van der Waals surface area contributed by atoms with Gasteiger partial charge >= 0.3 is 0 Å². The lowest BCUT2D eigenvalue weighted by Crippen LogP contribution is -2.02. The average molecular weight is 324 g/mol. The fraction of sp³-hybridized carbons (Fsp3) is 0.316. The number of aromatic nitrogens is 1. The second kappa shape index (κ2) is 8.11. The Labute approximate surface area is 141 Å². The third kappa shape index (κ3) is 3.72. The molecule has 0 aliphatic carbocycles. The number of aryl methyl sites for hydroxylation is 1. The van der Waals surface area contributed by atoms with Crippen LogP contribution in [0.2, 0.25) is 0 Å². The topological polar surface area (TPSA) is 83.2 Å². The number of hydrogen-bond donors (Lipinski definition) is 1. The molecule has 0 atom stereocenters. The highest BCUT2D eigenvalue weighted by Gasteiger charge is 2.16. The Bertz CT molecular complexity index is 826. The minimum Gasteiger partial charge on any atom is -0.504 e.